The lowest BCUT2D eigenvalue weighted by atomic mass is 10.0. The molecule has 0 radical (unpaired) electrons. The zero-order chi connectivity index (χ0) is 15.0. The molecule has 5 heteroatoms. The highest BCUT2D eigenvalue weighted by Gasteiger charge is 2.31. The molecule has 1 unspecified atom stereocenters. The summed E-state index contributed by atoms with van der Waals surface area (Å²) in [6.45, 7) is 8.31. The molecule has 0 bridgehead atoms. The van der Waals surface area contributed by atoms with Gasteiger partial charge in [-0.05, 0) is 39.2 Å². The molecule has 0 aromatic heterocycles. The fraction of sp³-hybridized carbons (Fsp3) is 0.867. The Hall–Kier alpha value is -1.10. The molecule has 2 atom stereocenters. The van der Waals surface area contributed by atoms with Gasteiger partial charge in [-0.3, -0.25) is 9.59 Å². The van der Waals surface area contributed by atoms with E-state index >= 15 is 0 Å². The number of nitrogens with zero attached hydrogens (tertiary/aromatic N) is 1. The smallest absolute Gasteiger partial charge is 0.242 e. The Kier molecular flexibility index (Phi) is 7.59. The summed E-state index contributed by atoms with van der Waals surface area (Å²) in [7, 11) is 0. The number of nitrogens with one attached hydrogen (secondary N) is 2. The maximum Gasteiger partial charge on any atom is 0.242 e. The summed E-state index contributed by atoms with van der Waals surface area (Å²) < 4.78 is 0. The predicted molar refractivity (Wildman–Crippen MR) is 80.4 cm³/mol. The first-order chi connectivity index (χ1) is 9.60. The number of carbonyl (C=O) groups excluding carboxylic acids is 2. The third kappa shape index (κ3) is 5.12. The Balaban J connectivity index is 2.51. The molecule has 0 saturated carbocycles. The monoisotopic (exact) mass is 283 g/mol. The zero-order valence-corrected chi connectivity index (χ0v) is 13.1. The topological polar surface area (TPSA) is 61.4 Å². The molecule has 0 aliphatic carbocycles. The van der Waals surface area contributed by atoms with Gasteiger partial charge in [0.05, 0.1) is 0 Å². The van der Waals surface area contributed by atoms with E-state index in [4.69, 9.17) is 0 Å². The average Bonchev–Trinajstić information content (AvgIpc) is 2.45. The molecule has 1 fully saturated rings. The van der Waals surface area contributed by atoms with E-state index in [1.807, 2.05) is 20.8 Å². The Morgan fingerprint density at radius 3 is 2.70 bits per heavy atom. The van der Waals surface area contributed by atoms with Gasteiger partial charge in [0, 0.05) is 25.6 Å². The summed E-state index contributed by atoms with van der Waals surface area (Å²) in [6.07, 6.45) is 4.19. The van der Waals surface area contributed by atoms with Crippen molar-refractivity contribution in [2.24, 2.45) is 0 Å². The first kappa shape index (κ1) is 17.0. The van der Waals surface area contributed by atoms with Crippen LogP contribution in [0, 0.1) is 0 Å². The van der Waals surface area contributed by atoms with Crippen LogP contribution in [0.1, 0.15) is 52.9 Å². The van der Waals surface area contributed by atoms with Crippen molar-refractivity contribution >= 4 is 11.8 Å². The quantitative estimate of drug-likeness (QED) is 0.740. The molecule has 1 aliphatic heterocycles. The Labute approximate surface area is 122 Å². The largest absolute Gasteiger partial charge is 0.353 e. The summed E-state index contributed by atoms with van der Waals surface area (Å²) in [4.78, 5) is 26.2. The second-order valence-corrected chi connectivity index (χ2v) is 5.55. The highest BCUT2D eigenvalue weighted by molar-refractivity contribution is 5.87. The van der Waals surface area contributed by atoms with Crippen molar-refractivity contribution in [2.45, 2.75) is 65.0 Å². The molecular formula is C15H29N3O2. The lowest BCUT2D eigenvalue weighted by molar-refractivity contribution is -0.142. The van der Waals surface area contributed by atoms with Gasteiger partial charge in [-0.15, -0.1) is 0 Å². The van der Waals surface area contributed by atoms with Crippen molar-refractivity contribution in [3.8, 4) is 0 Å². The fourth-order valence-electron chi connectivity index (χ4n) is 2.65. The van der Waals surface area contributed by atoms with E-state index < -0.39 is 0 Å². The van der Waals surface area contributed by atoms with Crippen molar-refractivity contribution in [2.75, 3.05) is 19.6 Å². The van der Waals surface area contributed by atoms with Crippen LogP contribution in [0.4, 0.5) is 0 Å². The summed E-state index contributed by atoms with van der Waals surface area (Å²) >= 11 is 0. The summed E-state index contributed by atoms with van der Waals surface area (Å²) in [5, 5.41) is 6.23. The standard InChI is InChI=1S/C15H29N3O2/c1-4-8-14(19)18-10-7-6-9-13(18)15(20)17-11-12(3)16-5-2/h12-13,16H,4-11H2,1-3H3,(H,17,20)/t12-,13?/m1/s1. The van der Waals surface area contributed by atoms with Crippen molar-refractivity contribution < 1.29 is 9.59 Å². The van der Waals surface area contributed by atoms with E-state index in [0.29, 0.717) is 13.0 Å². The number of hydrogen-bond acceptors (Lipinski definition) is 3. The summed E-state index contributed by atoms with van der Waals surface area (Å²) in [5.41, 5.74) is 0. The highest BCUT2D eigenvalue weighted by Crippen LogP contribution is 2.18. The Morgan fingerprint density at radius 2 is 2.05 bits per heavy atom. The molecule has 5 nitrogen and oxygen atoms in total. The van der Waals surface area contributed by atoms with Crippen LogP contribution in [0.3, 0.4) is 0 Å². The van der Waals surface area contributed by atoms with Crippen LogP contribution in [0.2, 0.25) is 0 Å². The molecule has 0 aromatic rings. The average molecular weight is 283 g/mol. The van der Waals surface area contributed by atoms with Crippen LogP contribution in [0.25, 0.3) is 0 Å². The molecule has 20 heavy (non-hydrogen) atoms. The number of hydrogen-bond donors (Lipinski definition) is 2. The van der Waals surface area contributed by atoms with Gasteiger partial charge in [-0.25, -0.2) is 0 Å². The van der Waals surface area contributed by atoms with Gasteiger partial charge in [0.1, 0.15) is 6.04 Å². The van der Waals surface area contributed by atoms with Gasteiger partial charge >= 0.3 is 0 Å². The molecule has 1 rings (SSSR count). The minimum absolute atomic E-state index is 0.00101. The number of likely N-dealkylation sites (N-methyl/N-ethyl adjacent to an activating group) is 1. The van der Waals surface area contributed by atoms with Gasteiger partial charge < -0.3 is 15.5 Å². The fourth-order valence-corrected chi connectivity index (χ4v) is 2.65. The predicted octanol–water partition coefficient (Wildman–Crippen LogP) is 1.28. The minimum Gasteiger partial charge on any atom is -0.353 e. The number of amides is 2. The number of likely N-dealkylation sites (tertiary alicyclic amines) is 1. The molecule has 0 spiro atoms. The van der Waals surface area contributed by atoms with Crippen molar-refractivity contribution in [3.05, 3.63) is 0 Å². The maximum absolute atomic E-state index is 12.3. The van der Waals surface area contributed by atoms with E-state index in [1.165, 1.54) is 0 Å². The van der Waals surface area contributed by atoms with E-state index in [9.17, 15) is 9.59 Å². The van der Waals surface area contributed by atoms with E-state index in [2.05, 4.69) is 10.6 Å². The normalized spacial score (nSPS) is 20.6. The molecule has 1 heterocycles. The van der Waals surface area contributed by atoms with Gasteiger partial charge in [0.25, 0.3) is 0 Å². The molecule has 0 aromatic carbocycles. The van der Waals surface area contributed by atoms with Gasteiger partial charge in [-0.1, -0.05) is 13.8 Å². The second kappa shape index (κ2) is 8.95. The third-order valence-corrected chi connectivity index (χ3v) is 3.72. The Morgan fingerprint density at radius 1 is 1.30 bits per heavy atom. The molecular weight excluding hydrogens is 254 g/mol. The molecule has 2 amide bonds. The molecule has 1 aliphatic rings. The molecule has 2 N–H and O–H groups in total. The van der Waals surface area contributed by atoms with Crippen LogP contribution in [-0.2, 0) is 9.59 Å². The molecule has 1 saturated heterocycles. The van der Waals surface area contributed by atoms with E-state index in [-0.39, 0.29) is 23.9 Å². The molecule has 116 valence electrons. The lowest BCUT2D eigenvalue weighted by Crippen LogP contribution is -2.53. The minimum atomic E-state index is -0.267. The van der Waals surface area contributed by atoms with E-state index in [0.717, 1.165) is 38.8 Å². The first-order valence-corrected chi connectivity index (χ1v) is 7.90. The summed E-state index contributed by atoms with van der Waals surface area (Å²) in [5.74, 6) is 0.117. The van der Waals surface area contributed by atoms with Crippen LogP contribution < -0.4 is 10.6 Å². The van der Waals surface area contributed by atoms with Gasteiger partial charge in [0.15, 0.2) is 0 Å². The third-order valence-electron chi connectivity index (χ3n) is 3.72. The van der Waals surface area contributed by atoms with Crippen molar-refractivity contribution in [1.29, 1.82) is 0 Å². The number of piperidine rings is 1. The van der Waals surface area contributed by atoms with Crippen LogP contribution in [-0.4, -0.2) is 48.4 Å². The van der Waals surface area contributed by atoms with Crippen LogP contribution in [0.5, 0.6) is 0 Å². The van der Waals surface area contributed by atoms with Crippen LogP contribution in [0.15, 0.2) is 0 Å². The SMILES string of the molecule is CCCC(=O)N1CCCCC1C(=O)NC[C@@H](C)NCC. The zero-order valence-electron chi connectivity index (χ0n) is 13.1. The van der Waals surface area contributed by atoms with Gasteiger partial charge in [-0.2, -0.15) is 0 Å². The first-order valence-electron chi connectivity index (χ1n) is 7.90. The Bertz CT molecular complexity index is 320. The number of carbonyl (C=O) groups is 2. The maximum atomic E-state index is 12.3. The van der Waals surface area contributed by atoms with Crippen LogP contribution >= 0.6 is 0 Å². The van der Waals surface area contributed by atoms with Crippen molar-refractivity contribution in [3.63, 3.8) is 0 Å². The van der Waals surface area contributed by atoms with E-state index in [1.54, 1.807) is 4.90 Å². The number of rotatable bonds is 7. The summed E-state index contributed by atoms with van der Waals surface area (Å²) in [6, 6.07) is -0.0102. The highest BCUT2D eigenvalue weighted by atomic mass is 16.2. The lowest BCUT2D eigenvalue weighted by Gasteiger charge is -2.35. The van der Waals surface area contributed by atoms with Crippen molar-refractivity contribution in [1.82, 2.24) is 15.5 Å². The second-order valence-electron chi connectivity index (χ2n) is 5.55. The van der Waals surface area contributed by atoms with Gasteiger partial charge in [0.2, 0.25) is 11.8 Å².